The van der Waals surface area contributed by atoms with E-state index in [2.05, 4.69) is 9.97 Å². The number of hydrogen-bond donors (Lipinski definition) is 3. The van der Waals surface area contributed by atoms with Gasteiger partial charge in [0.15, 0.2) is 11.6 Å². The summed E-state index contributed by atoms with van der Waals surface area (Å²) in [6.45, 7) is -0.0282. The minimum atomic E-state index is -1.01. The molecular weight excluding hydrogens is 342 g/mol. The van der Waals surface area contributed by atoms with Crippen LogP contribution < -0.4 is 9.64 Å². The highest BCUT2D eigenvalue weighted by molar-refractivity contribution is 6.30. The molecule has 1 aromatic heterocycles. The van der Waals surface area contributed by atoms with Crippen molar-refractivity contribution in [2.24, 2.45) is 0 Å². The van der Waals surface area contributed by atoms with Crippen molar-refractivity contribution < 1.29 is 18.6 Å². The minimum absolute atomic E-state index is 0.0282. The van der Waals surface area contributed by atoms with Gasteiger partial charge in [-0.3, -0.25) is 5.41 Å². The maximum atomic E-state index is 13.5. The number of H-pyrrole nitrogens is 1. The van der Waals surface area contributed by atoms with Crippen LogP contribution in [-0.2, 0) is 0 Å². The van der Waals surface area contributed by atoms with Gasteiger partial charge in [0.25, 0.3) is 0 Å². The molecule has 1 aliphatic rings. The lowest BCUT2D eigenvalue weighted by atomic mass is 10.2. The van der Waals surface area contributed by atoms with Crippen molar-refractivity contribution >= 4 is 28.1 Å². The summed E-state index contributed by atoms with van der Waals surface area (Å²) in [5.41, 5.74) is 1.83. The van der Waals surface area contributed by atoms with Gasteiger partial charge in [0.05, 0.1) is 30.3 Å². The average Bonchev–Trinajstić information content (AvgIpc) is 3.16. The van der Waals surface area contributed by atoms with Gasteiger partial charge in [-0.05, 0) is 24.3 Å². The largest absolute Gasteiger partial charge is 0.509 e. The molecule has 0 spiro atoms. The normalized spacial score (nSPS) is 14.6. The Hall–Kier alpha value is -3.42. The Bertz CT molecular complexity index is 1070. The summed E-state index contributed by atoms with van der Waals surface area (Å²) < 4.78 is 31.8. The number of amidine groups is 1. The highest BCUT2D eigenvalue weighted by atomic mass is 19.2. The minimum Gasteiger partial charge on any atom is -0.509 e. The summed E-state index contributed by atoms with van der Waals surface area (Å²) in [5, 5.41) is 18.7. The topological polar surface area (TPSA) is 85.2 Å². The third kappa shape index (κ3) is 2.46. The zero-order chi connectivity index (χ0) is 18.4. The Kier molecular flexibility index (Phi) is 3.61. The molecule has 0 atom stereocenters. The summed E-state index contributed by atoms with van der Waals surface area (Å²) >= 11 is 0. The number of halogens is 2. The van der Waals surface area contributed by atoms with Gasteiger partial charge in [-0.15, -0.1) is 0 Å². The van der Waals surface area contributed by atoms with Gasteiger partial charge in [0.2, 0.25) is 0 Å². The van der Waals surface area contributed by atoms with Crippen molar-refractivity contribution in [2.75, 3.05) is 18.6 Å². The molecule has 0 aliphatic carbocycles. The highest BCUT2D eigenvalue weighted by Gasteiger charge is 2.31. The van der Waals surface area contributed by atoms with E-state index in [0.29, 0.717) is 22.6 Å². The maximum Gasteiger partial charge on any atom is 0.160 e. The fourth-order valence-corrected chi connectivity index (χ4v) is 2.94. The maximum absolute atomic E-state index is 13.5. The predicted octanol–water partition coefficient (Wildman–Crippen LogP) is 3.62. The summed E-state index contributed by atoms with van der Waals surface area (Å²) in [6, 6.07) is 8.61. The van der Waals surface area contributed by atoms with Gasteiger partial charge in [-0.1, -0.05) is 0 Å². The highest BCUT2D eigenvalue weighted by Crippen LogP contribution is 2.32. The molecule has 3 aromatic rings. The van der Waals surface area contributed by atoms with Crippen LogP contribution in [0, 0.1) is 17.0 Å². The number of fused-ring (bicyclic) bond motifs is 1. The Labute approximate surface area is 146 Å². The fourth-order valence-electron chi connectivity index (χ4n) is 2.94. The van der Waals surface area contributed by atoms with Crippen molar-refractivity contribution in [2.45, 2.75) is 0 Å². The van der Waals surface area contributed by atoms with E-state index < -0.39 is 11.6 Å². The number of aromatic nitrogens is 2. The zero-order valence-corrected chi connectivity index (χ0v) is 13.7. The first-order chi connectivity index (χ1) is 12.5. The first kappa shape index (κ1) is 16.1. The number of nitrogens with zero attached hydrogens (tertiary/aromatic N) is 2. The van der Waals surface area contributed by atoms with Gasteiger partial charge in [0, 0.05) is 17.8 Å². The number of rotatable bonds is 3. The van der Waals surface area contributed by atoms with E-state index in [1.165, 1.54) is 11.0 Å². The molecule has 0 saturated carbocycles. The smallest absolute Gasteiger partial charge is 0.160 e. The van der Waals surface area contributed by atoms with Crippen LogP contribution in [0.25, 0.3) is 16.6 Å². The number of aliphatic hydroxyl groups excluding tert-OH is 1. The molecule has 0 amide bonds. The zero-order valence-electron chi connectivity index (χ0n) is 13.7. The first-order valence-electron chi connectivity index (χ1n) is 7.75. The number of aliphatic hydroxyl groups is 1. The second-order valence-electron chi connectivity index (χ2n) is 5.82. The summed E-state index contributed by atoms with van der Waals surface area (Å²) in [6.07, 6.45) is 0. The number of methoxy groups -OCH3 is 1. The molecule has 26 heavy (non-hydrogen) atoms. The van der Waals surface area contributed by atoms with E-state index in [9.17, 15) is 13.9 Å². The summed E-state index contributed by atoms with van der Waals surface area (Å²) in [5.74, 6) is -1.15. The van der Waals surface area contributed by atoms with Crippen LogP contribution in [-0.4, -0.2) is 34.6 Å². The molecule has 8 heteroatoms. The number of aromatic amines is 1. The van der Waals surface area contributed by atoms with Crippen molar-refractivity contribution in [3.63, 3.8) is 0 Å². The third-order valence-electron chi connectivity index (χ3n) is 4.24. The van der Waals surface area contributed by atoms with Crippen LogP contribution in [0.3, 0.4) is 0 Å². The van der Waals surface area contributed by atoms with Gasteiger partial charge in [-0.2, -0.15) is 0 Å². The van der Waals surface area contributed by atoms with E-state index in [-0.39, 0.29) is 29.4 Å². The molecule has 2 aromatic carbocycles. The van der Waals surface area contributed by atoms with Crippen LogP contribution in [0.4, 0.5) is 14.5 Å². The van der Waals surface area contributed by atoms with E-state index in [1.54, 1.807) is 25.3 Å². The van der Waals surface area contributed by atoms with Gasteiger partial charge in [0.1, 0.15) is 23.2 Å². The lowest BCUT2D eigenvalue weighted by Gasteiger charge is -2.18. The number of ether oxygens (including phenoxy) is 1. The van der Waals surface area contributed by atoms with E-state index in [0.717, 1.165) is 12.1 Å². The van der Waals surface area contributed by atoms with E-state index in [4.69, 9.17) is 10.1 Å². The second kappa shape index (κ2) is 5.83. The van der Waals surface area contributed by atoms with Gasteiger partial charge >= 0.3 is 0 Å². The second-order valence-corrected chi connectivity index (χ2v) is 5.82. The first-order valence-corrected chi connectivity index (χ1v) is 7.75. The molecule has 0 unspecified atom stereocenters. The van der Waals surface area contributed by atoms with Crippen LogP contribution in [0.1, 0.15) is 5.82 Å². The number of imidazole rings is 1. The van der Waals surface area contributed by atoms with Crippen molar-refractivity contribution in [3.8, 4) is 5.75 Å². The molecule has 1 aliphatic heterocycles. The van der Waals surface area contributed by atoms with Crippen LogP contribution in [0.15, 0.2) is 42.2 Å². The van der Waals surface area contributed by atoms with Crippen LogP contribution >= 0.6 is 0 Å². The van der Waals surface area contributed by atoms with Gasteiger partial charge in [-0.25, -0.2) is 13.8 Å². The fraction of sp³-hybridized carbons (Fsp3) is 0.111. The Balaban J connectivity index is 1.71. The SMILES string of the molecule is COc1ccc2nc(C3=C(O)CN(c4ccc(F)c(F)c4)C3=N)[nH]c2c1. The van der Waals surface area contributed by atoms with Crippen LogP contribution in [0.2, 0.25) is 0 Å². The van der Waals surface area contributed by atoms with E-state index >= 15 is 0 Å². The van der Waals surface area contributed by atoms with E-state index in [1.807, 2.05) is 0 Å². The monoisotopic (exact) mass is 356 g/mol. The summed E-state index contributed by atoms with van der Waals surface area (Å²) in [4.78, 5) is 8.83. The molecule has 4 rings (SSSR count). The van der Waals surface area contributed by atoms with Crippen molar-refractivity contribution in [1.82, 2.24) is 9.97 Å². The molecule has 0 saturated heterocycles. The average molecular weight is 356 g/mol. The molecule has 0 bridgehead atoms. The van der Waals surface area contributed by atoms with Crippen molar-refractivity contribution in [3.05, 3.63) is 59.6 Å². The standard InChI is InChI=1S/C18H14F2N4O2/c1-26-10-3-5-13-14(7-10)23-18(22-13)16-15(25)8-24(17(16)21)9-2-4-11(19)12(20)6-9/h2-7,21,25H,8H2,1H3,(H,22,23). The van der Waals surface area contributed by atoms with Crippen molar-refractivity contribution in [1.29, 1.82) is 5.41 Å². The summed E-state index contributed by atoms with van der Waals surface area (Å²) in [7, 11) is 1.55. The molecule has 3 N–H and O–H groups in total. The number of nitrogens with one attached hydrogen (secondary N) is 2. The Morgan fingerprint density at radius 3 is 2.73 bits per heavy atom. The Morgan fingerprint density at radius 1 is 1.19 bits per heavy atom. The lowest BCUT2D eigenvalue weighted by Crippen LogP contribution is -2.26. The molecular formula is C18H14F2N4O2. The Morgan fingerprint density at radius 2 is 2.00 bits per heavy atom. The lowest BCUT2D eigenvalue weighted by molar-refractivity contribution is 0.411. The quantitative estimate of drug-likeness (QED) is 0.669. The molecule has 2 heterocycles. The number of benzene rings is 2. The van der Waals surface area contributed by atoms with Crippen LogP contribution in [0.5, 0.6) is 5.75 Å². The molecule has 0 fully saturated rings. The molecule has 6 nitrogen and oxygen atoms in total. The number of hydrogen-bond acceptors (Lipinski definition) is 4. The van der Waals surface area contributed by atoms with Gasteiger partial charge < -0.3 is 19.7 Å². The molecule has 132 valence electrons. The molecule has 0 radical (unpaired) electrons. The third-order valence-corrected chi connectivity index (χ3v) is 4.24. The number of anilines is 1. The predicted molar refractivity (Wildman–Crippen MR) is 93.6 cm³/mol.